The van der Waals surface area contributed by atoms with E-state index in [1.165, 1.54) is 16.3 Å². The summed E-state index contributed by atoms with van der Waals surface area (Å²) in [5.74, 6) is 0.966. The zero-order valence-corrected chi connectivity index (χ0v) is 10.8. The minimum atomic E-state index is 0.687. The Balaban J connectivity index is 2.41. The van der Waals surface area contributed by atoms with E-state index < -0.39 is 0 Å². The topological polar surface area (TPSA) is 21.3 Å². The fourth-order valence-corrected chi connectivity index (χ4v) is 2.09. The smallest absolute Gasteiger partial charge is 0.124 e. The molecular weight excluding hydrogens is 222 g/mol. The van der Waals surface area contributed by atoms with Crippen molar-refractivity contribution >= 4 is 10.8 Å². The lowest BCUT2D eigenvalue weighted by Crippen LogP contribution is -2.14. The van der Waals surface area contributed by atoms with Crippen LogP contribution >= 0.6 is 0 Å². The number of hydrogen-bond donors (Lipinski definition) is 1. The van der Waals surface area contributed by atoms with Gasteiger partial charge in [0.1, 0.15) is 5.75 Å². The van der Waals surface area contributed by atoms with Gasteiger partial charge >= 0.3 is 0 Å². The first kappa shape index (κ1) is 12.7. The van der Waals surface area contributed by atoms with E-state index in [9.17, 15) is 0 Å². The number of nitrogens with one attached hydrogen (secondary N) is 1. The standard InChI is InChI=1S/C16H19NO/c1-3-11-17-12-15-14-8-6-5-7-13(14)9-10-16(15)18-4-2/h3,5-10,17H,1,4,11-12H2,2H3. The van der Waals surface area contributed by atoms with Crippen LogP contribution in [0, 0.1) is 0 Å². The van der Waals surface area contributed by atoms with Crippen LogP contribution < -0.4 is 10.1 Å². The van der Waals surface area contributed by atoms with Gasteiger partial charge in [0, 0.05) is 18.7 Å². The molecule has 0 spiro atoms. The van der Waals surface area contributed by atoms with Crippen LogP contribution in [0.1, 0.15) is 12.5 Å². The van der Waals surface area contributed by atoms with Crippen molar-refractivity contribution in [2.45, 2.75) is 13.5 Å². The molecule has 0 aliphatic heterocycles. The number of benzene rings is 2. The van der Waals surface area contributed by atoms with Crippen molar-refractivity contribution in [3.05, 3.63) is 54.6 Å². The second-order valence-electron chi connectivity index (χ2n) is 4.12. The molecule has 1 N–H and O–H groups in total. The summed E-state index contributed by atoms with van der Waals surface area (Å²) in [6, 6.07) is 12.6. The monoisotopic (exact) mass is 241 g/mol. The molecule has 0 heterocycles. The fraction of sp³-hybridized carbons (Fsp3) is 0.250. The van der Waals surface area contributed by atoms with Gasteiger partial charge in [-0.3, -0.25) is 0 Å². The second kappa shape index (κ2) is 6.22. The van der Waals surface area contributed by atoms with Gasteiger partial charge in [-0.25, -0.2) is 0 Å². The summed E-state index contributed by atoms with van der Waals surface area (Å²) >= 11 is 0. The number of fused-ring (bicyclic) bond motifs is 1. The van der Waals surface area contributed by atoms with Gasteiger partial charge in [0.25, 0.3) is 0 Å². The minimum Gasteiger partial charge on any atom is -0.494 e. The molecule has 2 heteroatoms. The Labute approximate surface area is 108 Å². The summed E-state index contributed by atoms with van der Waals surface area (Å²) in [5, 5.41) is 5.84. The average molecular weight is 241 g/mol. The normalized spacial score (nSPS) is 10.5. The molecular formula is C16H19NO. The number of hydrogen-bond acceptors (Lipinski definition) is 2. The average Bonchev–Trinajstić information content (AvgIpc) is 2.41. The molecule has 0 aromatic heterocycles. The molecule has 0 amide bonds. The first-order valence-electron chi connectivity index (χ1n) is 6.32. The summed E-state index contributed by atoms with van der Waals surface area (Å²) in [6.07, 6.45) is 1.87. The van der Waals surface area contributed by atoms with Gasteiger partial charge in [-0.2, -0.15) is 0 Å². The highest BCUT2D eigenvalue weighted by Crippen LogP contribution is 2.28. The van der Waals surface area contributed by atoms with E-state index in [1.54, 1.807) is 0 Å². The second-order valence-corrected chi connectivity index (χ2v) is 4.12. The Morgan fingerprint density at radius 3 is 2.83 bits per heavy atom. The Bertz CT molecular complexity index is 534. The molecule has 94 valence electrons. The van der Waals surface area contributed by atoms with Crippen molar-refractivity contribution in [2.24, 2.45) is 0 Å². The Morgan fingerprint density at radius 1 is 1.22 bits per heavy atom. The molecule has 0 saturated heterocycles. The maximum Gasteiger partial charge on any atom is 0.124 e. The largest absolute Gasteiger partial charge is 0.494 e. The molecule has 0 unspecified atom stereocenters. The summed E-state index contributed by atoms with van der Waals surface area (Å²) < 4.78 is 5.71. The van der Waals surface area contributed by atoms with Crippen molar-refractivity contribution in [3.8, 4) is 5.75 Å². The van der Waals surface area contributed by atoms with Crippen LogP contribution in [0.3, 0.4) is 0 Å². The highest BCUT2D eigenvalue weighted by Gasteiger charge is 2.07. The van der Waals surface area contributed by atoms with Crippen LogP contribution in [-0.2, 0) is 6.54 Å². The lowest BCUT2D eigenvalue weighted by Gasteiger charge is -2.13. The van der Waals surface area contributed by atoms with Gasteiger partial charge in [0.05, 0.1) is 6.61 Å². The molecule has 0 atom stereocenters. The first-order valence-corrected chi connectivity index (χ1v) is 6.32. The summed E-state index contributed by atoms with van der Waals surface area (Å²) in [5.41, 5.74) is 1.22. The third-order valence-electron chi connectivity index (χ3n) is 2.89. The minimum absolute atomic E-state index is 0.687. The maximum atomic E-state index is 5.71. The summed E-state index contributed by atoms with van der Waals surface area (Å²) in [4.78, 5) is 0. The van der Waals surface area contributed by atoms with Crippen LogP contribution in [-0.4, -0.2) is 13.2 Å². The molecule has 0 bridgehead atoms. The SMILES string of the molecule is C=CCNCc1c(OCC)ccc2ccccc12. The van der Waals surface area contributed by atoms with Gasteiger partial charge < -0.3 is 10.1 Å². The first-order chi connectivity index (χ1) is 8.86. The lowest BCUT2D eigenvalue weighted by molar-refractivity contribution is 0.336. The van der Waals surface area contributed by atoms with E-state index in [0.717, 1.165) is 18.8 Å². The van der Waals surface area contributed by atoms with Crippen molar-refractivity contribution in [1.29, 1.82) is 0 Å². The van der Waals surface area contributed by atoms with Crippen molar-refractivity contribution < 1.29 is 4.74 Å². The van der Waals surface area contributed by atoms with E-state index in [0.29, 0.717) is 6.61 Å². The van der Waals surface area contributed by atoms with Crippen LogP contribution in [0.4, 0.5) is 0 Å². The van der Waals surface area contributed by atoms with E-state index in [2.05, 4.69) is 48.3 Å². The number of rotatable bonds is 6. The summed E-state index contributed by atoms with van der Waals surface area (Å²) in [6.45, 7) is 8.01. The molecule has 0 aliphatic carbocycles. The van der Waals surface area contributed by atoms with E-state index in [1.807, 2.05) is 13.0 Å². The van der Waals surface area contributed by atoms with Crippen molar-refractivity contribution in [2.75, 3.05) is 13.2 Å². The predicted molar refractivity (Wildman–Crippen MR) is 77.0 cm³/mol. The number of ether oxygens (including phenoxy) is 1. The molecule has 2 aromatic rings. The quantitative estimate of drug-likeness (QED) is 0.617. The Kier molecular flexibility index (Phi) is 4.37. The molecule has 0 fully saturated rings. The van der Waals surface area contributed by atoms with E-state index in [4.69, 9.17) is 4.74 Å². The van der Waals surface area contributed by atoms with Crippen LogP contribution in [0.2, 0.25) is 0 Å². The predicted octanol–water partition coefficient (Wildman–Crippen LogP) is 3.51. The zero-order valence-electron chi connectivity index (χ0n) is 10.8. The molecule has 2 aromatic carbocycles. The molecule has 0 saturated carbocycles. The third-order valence-corrected chi connectivity index (χ3v) is 2.89. The molecule has 0 radical (unpaired) electrons. The highest BCUT2D eigenvalue weighted by molar-refractivity contribution is 5.87. The third kappa shape index (κ3) is 2.71. The maximum absolute atomic E-state index is 5.71. The van der Waals surface area contributed by atoms with Gasteiger partial charge in [-0.15, -0.1) is 6.58 Å². The van der Waals surface area contributed by atoms with Gasteiger partial charge in [0.15, 0.2) is 0 Å². The molecule has 2 rings (SSSR count). The van der Waals surface area contributed by atoms with Crippen molar-refractivity contribution in [3.63, 3.8) is 0 Å². The lowest BCUT2D eigenvalue weighted by atomic mass is 10.0. The highest BCUT2D eigenvalue weighted by atomic mass is 16.5. The zero-order chi connectivity index (χ0) is 12.8. The van der Waals surface area contributed by atoms with Crippen molar-refractivity contribution in [1.82, 2.24) is 5.32 Å². The molecule has 0 aliphatic rings. The van der Waals surface area contributed by atoms with E-state index in [-0.39, 0.29) is 0 Å². The van der Waals surface area contributed by atoms with Gasteiger partial charge in [0.2, 0.25) is 0 Å². The summed E-state index contributed by atoms with van der Waals surface area (Å²) in [7, 11) is 0. The van der Waals surface area contributed by atoms with Crippen LogP contribution in [0.15, 0.2) is 49.1 Å². The molecule has 2 nitrogen and oxygen atoms in total. The Hall–Kier alpha value is -1.80. The van der Waals surface area contributed by atoms with E-state index >= 15 is 0 Å². The van der Waals surface area contributed by atoms with Gasteiger partial charge in [-0.05, 0) is 23.8 Å². The van der Waals surface area contributed by atoms with Crippen LogP contribution in [0.25, 0.3) is 10.8 Å². The van der Waals surface area contributed by atoms with Gasteiger partial charge in [-0.1, -0.05) is 36.4 Å². The molecule has 18 heavy (non-hydrogen) atoms. The van der Waals surface area contributed by atoms with Crippen LogP contribution in [0.5, 0.6) is 5.75 Å². The fourth-order valence-electron chi connectivity index (χ4n) is 2.09. The Morgan fingerprint density at radius 2 is 2.06 bits per heavy atom.